The van der Waals surface area contributed by atoms with Gasteiger partial charge in [0.2, 0.25) is 0 Å². The van der Waals surface area contributed by atoms with E-state index in [2.05, 4.69) is 0 Å². The van der Waals surface area contributed by atoms with Gasteiger partial charge in [0.1, 0.15) is 33.4 Å². The van der Waals surface area contributed by atoms with E-state index in [9.17, 15) is 22.0 Å². The number of hydrogen-bond donors (Lipinski definition) is 0. The SMILES string of the molecule is FCc1cc(C(Cl)CF)c(CF)c(CF)c1CF. The van der Waals surface area contributed by atoms with Crippen molar-refractivity contribution in [3.05, 3.63) is 33.9 Å². The first-order chi connectivity index (χ1) is 8.64. The van der Waals surface area contributed by atoms with Gasteiger partial charge in [-0.3, -0.25) is 0 Å². The number of hydrogen-bond acceptors (Lipinski definition) is 0. The standard InChI is InChI=1S/C12H12ClF5/c13-12(6-18)8-1-7(2-14)9(3-15)11(5-17)10(8)4-16/h1,12H,2-6H2. The minimum Gasteiger partial charge on any atom is -0.249 e. The lowest BCUT2D eigenvalue weighted by atomic mass is 9.92. The summed E-state index contributed by atoms with van der Waals surface area (Å²) in [5, 5.41) is -1.19. The van der Waals surface area contributed by atoms with Crippen molar-refractivity contribution in [2.45, 2.75) is 32.1 Å². The molecule has 1 unspecified atom stereocenters. The summed E-state index contributed by atoms with van der Waals surface area (Å²) in [4.78, 5) is 0. The lowest BCUT2D eigenvalue weighted by molar-refractivity contribution is 0.420. The summed E-state index contributed by atoms with van der Waals surface area (Å²) >= 11 is 5.65. The molecule has 0 fully saturated rings. The summed E-state index contributed by atoms with van der Waals surface area (Å²) in [7, 11) is 0. The highest BCUT2D eigenvalue weighted by Crippen LogP contribution is 2.33. The Morgan fingerprint density at radius 3 is 1.78 bits per heavy atom. The van der Waals surface area contributed by atoms with Crippen molar-refractivity contribution >= 4 is 11.6 Å². The Hall–Kier alpha value is -0.840. The van der Waals surface area contributed by atoms with Crippen LogP contribution < -0.4 is 0 Å². The fourth-order valence-corrected chi connectivity index (χ4v) is 2.07. The zero-order valence-electron chi connectivity index (χ0n) is 9.46. The number of alkyl halides is 6. The Labute approximate surface area is 107 Å². The molecule has 0 nitrogen and oxygen atoms in total. The van der Waals surface area contributed by atoms with E-state index in [-0.39, 0.29) is 27.8 Å². The first kappa shape index (κ1) is 15.2. The molecule has 102 valence electrons. The van der Waals surface area contributed by atoms with Crippen LogP contribution in [0.3, 0.4) is 0 Å². The van der Waals surface area contributed by atoms with Gasteiger partial charge in [0.25, 0.3) is 0 Å². The zero-order valence-corrected chi connectivity index (χ0v) is 10.2. The van der Waals surface area contributed by atoms with Crippen LogP contribution in [0, 0.1) is 0 Å². The minimum atomic E-state index is -1.19. The van der Waals surface area contributed by atoms with Crippen molar-refractivity contribution in [3.63, 3.8) is 0 Å². The predicted molar refractivity (Wildman–Crippen MR) is 60.3 cm³/mol. The summed E-state index contributed by atoms with van der Waals surface area (Å²) < 4.78 is 63.9. The first-order valence-electron chi connectivity index (χ1n) is 5.24. The second kappa shape index (κ2) is 6.92. The molecule has 0 aliphatic rings. The highest BCUT2D eigenvalue weighted by Gasteiger charge is 2.21. The second-order valence-electron chi connectivity index (χ2n) is 3.72. The van der Waals surface area contributed by atoms with E-state index in [0.29, 0.717) is 0 Å². The number of halogens is 6. The molecule has 0 spiro atoms. The highest BCUT2D eigenvalue weighted by atomic mass is 35.5. The smallest absolute Gasteiger partial charge is 0.115 e. The molecule has 0 N–H and O–H groups in total. The van der Waals surface area contributed by atoms with Gasteiger partial charge in [-0.05, 0) is 27.8 Å². The number of rotatable bonds is 6. The fraction of sp³-hybridized carbons (Fsp3) is 0.500. The Morgan fingerprint density at radius 1 is 0.833 bits per heavy atom. The molecule has 0 bridgehead atoms. The predicted octanol–water partition coefficient (Wildman–Crippen LogP) is 4.81. The molecular weight excluding hydrogens is 275 g/mol. The van der Waals surface area contributed by atoms with Gasteiger partial charge in [-0.1, -0.05) is 6.07 Å². The first-order valence-corrected chi connectivity index (χ1v) is 5.68. The normalized spacial score (nSPS) is 12.8. The van der Waals surface area contributed by atoms with Gasteiger partial charge in [0.05, 0.1) is 5.38 Å². The van der Waals surface area contributed by atoms with Crippen LogP contribution in [-0.4, -0.2) is 6.67 Å². The van der Waals surface area contributed by atoms with Crippen molar-refractivity contribution in [2.24, 2.45) is 0 Å². The van der Waals surface area contributed by atoms with Gasteiger partial charge < -0.3 is 0 Å². The lowest BCUT2D eigenvalue weighted by Gasteiger charge is -2.18. The Kier molecular flexibility index (Phi) is 5.85. The Bertz CT molecular complexity index is 408. The lowest BCUT2D eigenvalue weighted by Crippen LogP contribution is -2.08. The van der Waals surface area contributed by atoms with E-state index in [4.69, 9.17) is 11.6 Å². The molecule has 18 heavy (non-hydrogen) atoms. The molecule has 0 aliphatic carbocycles. The zero-order chi connectivity index (χ0) is 13.7. The maximum absolute atomic E-state index is 12.9. The van der Waals surface area contributed by atoms with Crippen LogP contribution in [0.1, 0.15) is 33.2 Å². The highest BCUT2D eigenvalue weighted by molar-refractivity contribution is 6.21. The molecule has 1 aromatic rings. The van der Waals surface area contributed by atoms with Gasteiger partial charge in [-0.15, -0.1) is 11.6 Å². The van der Waals surface area contributed by atoms with E-state index in [1.54, 1.807) is 0 Å². The average molecular weight is 287 g/mol. The van der Waals surface area contributed by atoms with Crippen molar-refractivity contribution in [1.29, 1.82) is 0 Å². The van der Waals surface area contributed by atoms with Crippen molar-refractivity contribution in [3.8, 4) is 0 Å². The van der Waals surface area contributed by atoms with E-state index in [1.807, 2.05) is 0 Å². The van der Waals surface area contributed by atoms with E-state index in [1.165, 1.54) is 0 Å². The van der Waals surface area contributed by atoms with Crippen LogP contribution >= 0.6 is 11.6 Å². The number of benzene rings is 1. The largest absolute Gasteiger partial charge is 0.249 e. The third-order valence-corrected chi connectivity index (χ3v) is 3.16. The quantitative estimate of drug-likeness (QED) is 0.520. The molecule has 1 rings (SSSR count). The van der Waals surface area contributed by atoms with Crippen LogP contribution in [0.2, 0.25) is 0 Å². The summed E-state index contributed by atoms with van der Waals surface area (Å²) in [5.41, 5.74) is -0.779. The van der Waals surface area contributed by atoms with E-state index in [0.717, 1.165) is 6.07 Å². The van der Waals surface area contributed by atoms with Gasteiger partial charge in [0.15, 0.2) is 0 Å². The maximum atomic E-state index is 12.9. The van der Waals surface area contributed by atoms with Crippen LogP contribution in [-0.2, 0) is 26.7 Å². The molecule has 0 heterocycles. The second-order valence-corrected chi connectivity index (χ2v) is 4.24. The molecule has 0 radical (unpaired) electrons. The maximum Gasteiger partial charge on any atom is 0.115 e. The molecule has 0 saturated carbocycles. The van der Waals surface area contributed by atoms with Gasteiger partial charge in [-0.2, -0.15) is 0 Å². The van der Waals surface area contributed by atoms with Gasteiger partial charge in [0, 0.05) is 0 Å². The van der Waals surface area contributed by atoms with E-state index < -0.39 is 38.8 Å². The molecular formula is C12H12ClF5. The van der Waals surface area contributed by atoms with Crippen LogP contribution in [0.4, 0.5) is 22.0 Å². The summed E-state index contributed by atoms with van der Waals surface area (Å²) in [5.74, 6) is 0. The molecule has 6 heteroatoms. The molecule has 0 aliphatic heterocycles. The molecule has 0 amide bonds. The van der Waals surface area contributed by atoms with Crippen molar-refractivity contribution in [1.82, 2.24) is 0 Å². The van der Waals surface area contributed by atoms with E-state index >= 15 is 0 Å². The topological polar surface area (TPSA) is 0 Å². The van der Waals surface area contributed by atoms with Crippen LogP contribution in [0.15, 0.2) is 6.07 Å². The Morgan fingerprint density at radius 2 is 1.39 bits per heavy atom. The third kappa shape index (κ3) is 2.76. The minimum absolute atomic E-state index is 0.0147. The fourth-order valence-electron chi connectivity index (χ4n) is 1.88. The third-order valence-electron chi connectivity index (χ3n) is 2.81. The molecule has 1 atom stereocenters. The van der Waals surface area contributed by atoms with Crippen LogP contribution in [0.5, 0.6) is 0 Å². The van der Waals surface area contributed by atoms with Crippen molar-refractivity contribution in [2.75, 3.05) is 6.67 Å². The summed E-state index contributed by atoms with van der Waals surface area (Å²) in [6, 6.07) is 1.11. The summed E-state index contributed by atoms with van der Waals surface area (Å²) in [6.07, 6.45) is 0. The molecule has 1 aromatic carbocycles. The monoisotopic (exact) mass is 286 g/mol. The van der Waals surface area contributed by atoms with Gasteiger partial charge in [-0.25, -0.2) is 22.0 Å². The Balaban J connectivity index is 3.52. The molecule has 0 aromatic heterocycles. The summed E-state index contributed by atoms with van der Waals surface area (Å²) in [6.45, 7) is -5.39. The van der Waals surface area contributed by atoms with Gasteiger partial charge >= 0.3 is 0 Å². The average Bonchev–Trinajstić information content (AvgIpc) is 2.43. The van der Waals surface area contributed by atoms with Crippen molar-refractivity contribution < 1.29 is 22.0 Å². The molecule has 0 saturated heterocycles. The van der Waals surface area contributed by atoms with Crippen LogP contribution in [0.25, 0.3) is 0 Å².